The van der Waals surface area contributed by atoms with Crippen molar-refractivity contribution in [1.82, 2.24) is 4.98 Å². The first-order chi connectivity index (χ1) is 8.56. The van der Waals surface area contributed by atoms with Gasteiger partial charge in [-0.25, -0.2) is 9.78 Å². The van der Waals surface area contributed by atoms with Crippen LogP contribution >= 0.6 is 11.8 Å². The number of carboxylic acids is 1. The molecule has 92 valence electrons. The van der Waals surface area contributed by atoms with Gasteiger partial charge in [-0.2, -0.15) is 0 Å². The van der Waals surface area contributed by atoms with Crippen molar-refractivity contribution in [3.63, 3.8) is 0 Å². The van der Waals surface area contributed by atoms with Crippen LogP contribution < -0.4 is 0 Å². The molecule has 1 aromatic carbocycles. The van der Waals surface area contributed by atoms with Gasteiger partial charge in [0.15, 0.2) is 0 Å². The number of hydrogen-bond donors (Lipinski definition) is 1. The van der Waals surface area contributed by atoms with Crippen LogP contribution in [0.15, 0.2) is 46.3 Å². The molecule has 1 aromatic heterocycles. The standard InChI is InChI=1S/C14H13NO2S/c1-9-3-6-13(10(2)7-9)18-11-4-5-12(14(16)17)15-8-11/h3-8H,1-2H3,(H,16,17). The first-order valence-electron chi connectivity index (χ1n) is 5.51. The van der Waals surface area contributed by atoms with Gasteiger partial charge < -0.3 is 5.11 Å². The highest BCUT2D eigenvalue weighted by atomic mass is 32.2. The Morgan fingerprint density at radius 1 is 1.22 bits per heavy atom. The fourth-order valence-corrected chi connectivity index (χ4v) is 2.46. The molecule has 0 aliphatic heterocycles. The lowest BCUT2D eigenvalue weighted by Crippen LogP contribution is -1.98. The van der Waals surface area contributed by atoms with E-state index in [1.807, 2.05) is 0 Å². The molecule has 3 nitrogen and oxygen atoms in total. The van der Waals surface area contributed by atoms with Crippen molar-refractivity contribution in [2.24, 2.45) is 0 Å². The number of hydrogen-bond acceptors (Lipinski definition) is 3. The lowest BCUT2D eigenvalue weighted by atomic mass is 10.2. The van der Waals surface area contributed by atoms with E-state index in [1.54, 1.807) is 24.0 Å². The van der Waals surface area contributed by atoms with Crippen LogP contribution in [0.1, 0.15) is 21.6 Å². The van der Waals surface area contributed by atoms with Crippen LogP contribution in [-0.4, -0.2) is 16.1 Å². The molecule has 0 unspecified atom stereocenters. The zero-order chi connectivity index (χ0) is 13.1. The minimum absolute atomic E-state index is 0.0694. The lowest BCUT2D eigenvalue weighted by Gasteiger charge is -2.06. The van der Waals surface area contributed by atoms with E-state index in [2.05, 4.69) is 37.0 Å². The SMILES string of the molecule is Cc1ccc(Sc2ccc(C(=O)O)nc2)c(C)c1. The molecule has 1 N–H and O–H groups in total. The molecule has 0 radical (unpaired) electrons. The molecule has 0 atom stereocenters. The molecule has 2 rings (SSSR count). The number of benzene rings is 1. The number of aromatic carboxylic acids is 1. The van der Waals surface area contributed by atoms with Crippen LogP contribution in [0, 0.1) is 13.8 Å². The second-order valence-electron chi connectivity index (χ2n) is 4.06. The van der Waals surface area contributed by atoms with Crippen LogP contribution in [0.5, 0.6) is 0 Å². The number of aromatic nitrogens is 1. The lowest BCUT2D eigenvalue weighted by molar-refractivity contribution is 0.0690. The van der Waals surface area contributed by atoms with Crippen LogP contribution in [0.25, 0.3) is 0 Å². The topological polar surface area (TPSA) is 50.2 Å². The Morgan fingerprint density at radius 2 is 2.00 bits per heavy atom. The highest BCUT2D eigenvalue weighted by molar-refractivity contribution is 7.99. The van der Waals surface area contributed by atoms with E-state index in [0.717, 1.165) is 9.79 Å². The van der Waals surface area contributed by atoms with Crippen molar-refractivity contribution in [2.45, 2.75) is 23.6 Å². The maximum Gasteiger partial charge on any atom is 0.354 e. The van der Waals surface area contributed by atoms with Crippen molar-refractivity contribution >= 4 is 17.7 Å². The normalized spacial score (nSPS) is 10.3. The molecular formula is C14H13NO2S. The van der Waals surface area contributed by atoms with Crippen molar-refractivity contribution in [3.05, 3.63) is 53.3 Å². The fraction of sp³-hybridized carbons (Fsp3) is 0.143. The third kappa shape index (κ3) is 2.90. The number of aryl methyl sites for hydroxylation is 2. The van der Waals surface area contributed by atoms with Gasteiger partial charge in [0, 0.05) is 16.0 Å². The van der Waals surface area contributed by atoms with Gasteiger partial charge in [-0.3, -0.25) is 0 Å². The van der Waals surface area contributed by atoms with E-state index in [9.17, 15) is 4.79 Å². The number of rotatable bonds is 3. The van der Waals surface area contributed by atoms with Gasteiger partial charge in [0.2, 0.25) is 0 Å². The monoisotopic (exact) mass is 259 g/mol. The third-order valence-corrected chi connectivity index (χ3v) is 3.67. The number of carboxylic acid groups (broad SMARTS) is 1. The Morgan fingerprint density at radius 3 is 2.56 bits per heavy atom. The van der Waals surface area contributed by atoms with Gasteiger partial charge in [0.1, 0.15) is 5.69 Å². The van der Waals surface area contributed by atoms with Crippen molar-refractivity contribution in [2.75, 3.05) is 0 Å². The molecule has 2 aromatic rings. The summed E-state index contributed by atoms with van der Waals surface area (Å²) in [4.78, 5) is 16.7. The molecule has 4 heteroatoms. The molecule has 0 spiro atoms. The highest BCUT2D eigenvalue weighted by Crippen LogP contribution is 2.30. The minimum Gasteiger partial charge on any atom is -0.477 e. The third-order valence-electron chi connectivity index (χ3n) is 2.51. The second kappa shape index (κ2) is 5.23. The van der Waals surface area contributed by atoms with Gasteiger partial charge in [-0.15, -0.1) is 0 Å². The van der Waals surface area contributed by atoms with Gasteiger partial charge in [0.05, 0.1) is 0 Å². The van der Waals surface area contributed by atoms with Gasteiger partial charge in [0.25, 0.3) is 0 Å². The summed E-state index contributed by atoms with van der Waals surface area (Å²) in [6.07, 6.45) is 1.59. The molecule has 0 aliphatic carbocycles. The number of carbonyl (C=O) groups is 1. The zero-order valence-electron chi connectivity index (χ0n) is 10.2. The Bertz CT molecular complexity index is 579. The van der Waals surface area contributed by atoms with Crippen LogP contribution in [0.2, 0.25) is 0 Å². The first kappa shape index (κ1) is 12.6. The minimum atomic E-state index is -1.00. The van der Waals surface area contributed by atoms with Gasteiger partial charge in [-0.1, -0.05) is 29.5 Å². The highest BCUT2D eigenvalue weighted by Gasteiger charge is 2.05. The largest absolute Gasteiger partial charge is 0.477 e. The number of pyridine rings is 1. The average molecular weight is 259 g/mol. The second-order valence-corrected chi connectivity index (χ2v) is 5.17. The van der Waals surface area contributed by atoms with E-state index in [-0.39, 0.29) is 5.69 Å². The Hall–Kier alpha value is -1.81. The molecule has 0 fully saturated rings. The Labute approximate surface area is 110 Å². The van der Waals surface area contributed by atoms with Crippen molar-refractivity contribution < 1.29 is 9.90 Å². The maximum absolute atomic E-state index is 10.7. The predicted octanol–water partition coefficient (Wildman–Crippen LogP) is 3.55. The molecule has 0 amide bonds. The number of nitrogens with zero attached hydrogens (tertiary/aromatic N) is 1. The van der Waals surface area contributed by atoms with E-state index in [0.29, 0.717) is 0 Å². The molecule has 0 saturated heterocycles. The summed E-state index contributed by atoms with van der Waals surface area (Å²) in [7, 11) is 0. The Balaban J connectivity index is 2.21. The Kier molecular flexibility index (Phi) is 3.67. The quantitative estimate of drug-likeness (QED) is 0.915. The fourth-order valence-electron chi connectivity index (χ4n) is 1.61. The van der Waals surface area contributed by atoms with E-state index in [4.69, 9.17) is 5.11 Å². The van der Waals surface area contributed by atoms with Crippen LogP contribution in [0.4, 0.5) is 0 Å². The molecule has 0 bridgehead atoms. The van der Waals surface area contributed by atoms with E-state index < -0.39 is 5.97 Å². The molecule has 1 heterocycles. The summed E-state index contributed by atoms with van der Waals surface area (Å²) in [5.41, 5.74) is 2.51. The molecular weight excluding hydrogens is 246 g/mol. The van der Waals surface area contributed by atoms with E-state index in [1.165, 1.54) is 17.2 Å². The first-order valence-corrected chi connectivity index (χ1v) is 6.32. The average Bonchev–Trinajstić information content (AvgIpc) is 2.33. The molecule has 18 heavy (non-hydrogen) atoms. The van der Waals surface area contributed by atoms with Crippen LogP contribution in [0.3, 0.4) is 0 Å². The van der Waals surface area contributed by atoms with Crippen LogP contribution in [-0.2, 0) is 0 Å². The summed E-state index contributed by atoms with van der Waals surface area (Å²) in [5, 5.41) is 8.77. The predicted molar refractivity (Wildman–Crippen MR) is 71.2 cm³/mol. The maximum atomic E-state index is 10.7. The van der Waals surface area contributed by atoms with Crippen molar-refractivity contribution in [1.29, 1.82) is 0 Å². The summed E-state index contributed by atoms with van der Waals surface area (Å²) >= 11 is 1.59. The summed E-state index contributed by atoms with van der Waals surface area (Å²) in [6.45, 7) is 4.12. The summed E-state index contributed by atoms with van der Waals surface area (Å²) in [5.74, 6) is -1.00. The van der Waals surface area contributed by atoms with Gasteiger partial charge in [-0.05, 0) is 37.6 Å². The smallest absolute Gasteiger partial charge is 0.354 e. The summed E-state index contributed by atoms with van der Waals surface area (Å²) in [6, 6.07) is 9.56. The molecule has 0 saturated carbocycles. The summed E-state index contributed by atoms with van der Waals surface area (Å²) < 4.78 is 0. The molecule has 0 aliphatic rings. The van der Waals surface area contributed by atoms with Crippen molar-refractivity contribution in [3.8, 4) is 0 Å². The van der Waals surface area contributed by atoms with Gasteiger partial charge >= 0.3 is 5.97 Å². The van der Waals surface area contributed by atoms with E-state index >= 15 is 0 Å². The zero-order valence-corrected chi connectivity index (χ0v) is 11.0.